The third-order valence-electron chi connectivity index (χ3n) is 5.77. The molecule has 162 valence electrons. The number of rotatable bonds is 5. The summed E-state index contributed by atoms with van der Waals surface area (Å²) in [6.45, 7) is 1.64. The van der Waals surface area contributed by atoms with Crippen molar-refractivity contribution in [2.45, 2.75) is 6.54 Å². The van der Waals surface area contributed by atoms with Crippen molar-refractivity contribution >= 4 is 15.5 Å². The van der Waals surface area contributed by atoms with Crippen LogP contribution < -0.4 is 4.90 Å². The number of anilines is 1. The maximum atomic E-state index is 12.0. The average Bonchev–Trinajstić information content (AvgIpc) is 3.28. The first-order valence-corrected chi connectivity index (χ1v) is 12.5. The molecule has 1 saturated heterocycles. The van der Waals surface area contributed by atoms with Crippen molar-refractivity contribution in [3.63, 3.8) is 0 Å². The molecule has 0 amide bonds. The van der Waals surface area contributed by atoms with Gasteiger partial charge in [0.1, 0.15) is 0 Å². The fourth-order valence-corrected chi connectivity index (χ4v) is 5.25. The van der Waals surface area contributed by atoms with Gasteiger partial charge in [0, 0.05) is 42.9 Å². The summed E-state index contributed by atoms with van der Waals surface area (Å²) in [5.41, 5.74) is 6.23. The van der Waals surface area contributed by atoms with Crippen LogP contribution in [0.1, 0.15) is 5.56 Å². The lowest BCUT2D eigenvalue weighted by molar-refractivity contribution is 0.587. The van der Waals surface area contributed by atoms with Crippen LogP contribution in [0.4, 0.5) is 5.69 Å². The first-order chi connectivity index (χ1) is 15.6. The van der Waals surface area contributed by atoms with Crippen LogP contribution in [0.3, 0.4) is 0 Å². The predicted molar refractivity (Wildman–Crippen MR) is 127 cm³/mol. The van der Waals surface area contributed by atoms with Crippen molar-refractivity contribution in [3.8, 4) is 22.4 Å². The second-order valence-electron chi connectivity index (χ2n) is 8.00. The first-order valence-electron chi connectivity index (χ1n) is 10.6. The summed E-state index contributed by atoms with van der Waals surface area (Å²) in [7, 11) is -2.95. The number of aromatic nitrogens is 3. The Hall–Kier alpha value is -3.45. The SMILES string of the molecule is O=S1(=O)CCN(c2ccc(-c3ccccc3)cc2-c2ccn(Cc3cccnc3)n2)CC1. The monoisotopic (exact) mass is 444 g/mol. The minimum atomic E-state index is -2.95. The van der Waals surface area contributed by atoms with Crippen molar-refractivity contribution in [1.29, 1.82) is 0 Å². The number of nitrogens with zero attached hydrogens (tertiary/aromatic N) is 4. The van der Waals surface area contributed by atoms with E-state index < -0.39 is 9.84 Å². The minimum absolute atomic E-state index is 0.183. The molecule has 2 aromatic heterocycles. The van der Waals surface area contributed by atoms with Crippen LogP contribution in [0.2, 0.25) is 0 Å². The van der Waals surface area contributed by atoms with E-state index in [1.54, 1.807) is 6.20 Å². The van der Waals surface area contributed by atoms with E-state index in [1.165, 1.54) is 0 Å². The lowest BCUT2D eigenvalue weighted by Crippen LogP contribution is -2.40. The Morgan fingerprint density at radius 1 is 0.875 bits per heavy atom. The molecule has 3 heterocycles. The maximum absolute atomic E-state index is 12.0. The summed E-state index contributed by atoms with van der Waals surface area (Å²) in [4.78, 5) is 6.34. The highest BCUT2D eigenvalue weighted by atomic mass is 32.2. The second-order valence-corrected chi connectivity index (χ2v) is 10.3. The molecular weight excluding hydrogens is 420 g/mol. The third kappa shape index (κ3) is 4.43. The largest absolute Gasteiger partial charge is 0.369 e. The summed E-state index contributed by atoms with van der Waals surface area (Å²) in [5, 5.41) is 4.84. The topological polar surface area (TPSA) is 68.1 Å². The molecule has 0 N–H and O–H groups in total. The Labute approximate surface area is 188 Å². The molecule has 0 aliphatic carbocycles. The van der Waals surface area contributed by atoms with Crippen molar-refractivity contribution < 1.29 is 8.42 Å². The van der Waals surface area contributed by atoms with Gasteiger partial charge in [-0.25, -0.2) is 8.42 Å². The highest BCUT2D eigenvalue weighted by Gasteiger charge is 2.24. The van der Waals surface area contributed by atoms with Crippen LogP contribution >= 0.6 is 0 Å². The van der Waals surface area contributed by atoms with E-state index in [-0.39, 0.29) is 11.5 Å². The summed E-state index contributed by atoms with van der Waals surface area (Å²) in [6.07, 6.45) is 5.58. The predicted octanol–water partition coefficient (Wildman–Crippen LogP) is 3.90. The Morgan fingerprint density at radius 3 is 2.44 bits per heavy atom. The molecule has 1 fully saturated rings. The maximum Gasteiger partial charge on any atom is 0.153 e. The molecular formula is C25H24N4O2S. The fourth-order valence-electron chi connectivity index (χ4n) is 4.05. The van der Waals surface area contributed by atoms with Gasteiger partial charge >= 0.3 is 0 Å². The van der Waals surface area contributed by atoms with Gasteiger partial charge in [-0.1, -0.05) is 42.5 Å². The molecule has 0 radical (unpaired) electrons. The molecule has 4 aromatic rings. The van der Waals surface area contributed by atoms with E-state index in [0.29, 0.717) is 19.6 Å². The zero-order valence-corrected chi connectivity index (χ0v) is 18.4. The number of benzene rings is 2. The molecule has 0 unspecified atom stereocenters. The molecule has 5 rings (SSSR count). The Bertz CT molecular complexity index is 1300. The highest BCUT2D eigenvalue weighted by Crippen LogP contribution is 2.35. The standard InChI is InChI=1S/C25H24N4O2S/c30-32(31)15-13-28(14-16-32)25-9-8-22(21-6-2-1-3-7-21)17-23(25)24-10-12-29(27-24)19-20-5-4-11-26-18-20/h1-12,17-18H,13-16,19H2. The van der Waals surface area contributed by atoms with Crippen LogP contribution in [0, 0.1) is 0 Å². The molecule has 1 aliphatic rings. The summed E-state index contributed by atoms with van der Waals surface area (Å²) in [6, 6.07) is 22.6. The summed E-state index contributed by atoms with van der Waals surface area (Å²) in [5.74, 6) is 0.366. The second kappa shape index (κ2) is 8.59. The van der Waals surface area contributed by atoms with Gasteiger partial charge in [-0.05, 0) is 41.0 Å². The van der Waals surface area contributed by atoms with Gasteiger partial charge in [0.25, 0.3) is 0 Å². The highest BCUT2D eigenvalue weighted by molar-refractivity contribution is 7.91. The number of sulfone groups is 1. The number of hydrogen-bond acceptors (Lipinski definition) is 5. The molecule has 7 heteroatoms. The van der Waals surface area contributed by atoms with Crippen molar-refractivity contribution in [1.82, 2.24) is 14.8 Å². The van der Waals surface area contributed by atoms with Gasteiger partial charge in [-0.3, -0.25) is 9.67 Å². The van der Waals surface area contributed by atoms with Crippen molar-refractivity contribution in [2.75, 3.05) is 29.5 Å². The van der Waals surface area contributed by atoms with Gasteiger partial charge in [0.05, 0.1) is 23.7 Å². The molecule has 0 spiro atoms. The normalized spacial score (nSPS) is 15.6. The van der Waals surface area contributed by atoms with Gasteiger partial charge in [0.2, 0.25) is 0 Å². The summed E-state index contributed by atoms with van der Waals surface area (Å²) >= 11 is 0. The lowest BCUT2D eigenvalue weighted by Gasteiger charge is -2.30. The average molecular weight is 445 g/mol. The zero-order chi connectivity index (χ0) is 22.0. The van der Waals surface area contributed by atoms with Crippen molar-refractivity contribution in [3.05, 3.63) is 90.9 Å². The quantitative estimate of drug-likeness (QED) is 0.467. The minimum Gasteiger partial charge on any atom is -0.369 e. The first kappa shape index (κ1) is 20.5. The van der Waals surface area contributed by atoms with E-state index in [1.807, 2.05) is 53.5 Å². The van der Waals surface area contributed by atoms with Crippen LogP contribution in [-0.2, 0) is 16.4 Å². The molecule has 0 atom stereocenters. The Kier molecular flexibility index (Phi) is 5.49. The van der Waals surface area contributed by atoms with E-state index in [0.717, 1.165) is 33.6 Å². The van der Waals surface area contributed by atoms with Crippen LogP contribution in [0.25, 0.3) is 22.4 Å². The van der Waals surface area contributed by atoms with E-state index in [2.05, 4.69) is 40.2 Å². The van der Waals surface area contributed by atoms with E-state index >= 15 is 0 Å². The molecule has 6 nitrogen and oxygen atoms in total. The molecule has 0 bridgehead atoms. The molecule has 0 saturated carbocycles. The lowest BCUT2D eigenvalue weighted by atomic mass is 9.99. The van der Waals surface area contributed by atoms with E-state index in [4.69, 9.17) is 5.10 Å². The molecule has 1 aliphatic heterocycles. The van der Waals surface area contributed by atoms with Gasteiger partial charge in [-0.2, -0.15) is 5.10 Å². The summed E-state index contributed by atoms with van der Waals surface area (Å²) < 4.78 is 25.8. The molecule has 32 heavy (non-hydrogen) atoms. The Morgan fingerprint density at radius 2 is 1.69 bits per heavy atom. The van der Waals surface area contributed by atoms with Crippen LogP contribution in [0.5, 0.6) is 0 Å². The van der Waals surface area contributed by atoms with Gasteiger partial charge < -0.3 is 4.90 Å². The smallest absolute Gasteiger partial charge is 0.153 e. The van der Waals surface area contributed by atoms with Gasteiger partial charge in [0.15, 0.2) is 9.84 Å². The van der Waals surface area contributed by atoms with Crippen molar-refractivity contribution in [2.24, 2.45) is 0 Å². The number of hydrogen-bond donors (Lipinski definition) is 0. The zero-order valence-electron chi connectivity index (χ0n) is 17.6. The Balaban J connectivity index is 1.52. The molecule has 2 aromatic carbocycles. The number of pyridine rings is 1. The van der Waals surface area contributed by atoms with Gasteiger partial charge in [-0.15, -0.1) is 0 Å². The van der Waals surface area contributed by atoms with Crippen LogP contribution in [0.15, 0.2) is 85.3 Å². The van der Waals surface area contributed by atoms with Crippen LogP contribution in [-0.4, -0.2) is 47.8 Å². The third-order valence-corrected chi connectivity index (χ3v) is 7.38. The fraction of sp³-hybridized carbons (Fsp3) is 0.200. The van der Waals surface area contributed by atoms with E-state index in [9.17, 15) is 8.42 Å².